The van der Waals surface area contributed by atoms with E-state index < -0.39 is 0 Å². The number of benzene rings is 1. The predicted octanol–water partition coefficient (Wildman–Crippen LogP) is 3.87. The van der Waals surface area contributed by atoms with Crippen LogP contribution in [0.1, 0.15) is 55.4 Å². The summed E-state index contributed by atoms with van der Waals surface area (Å²) in [6.45, 7) is 4.88. The third kappa shape index (κ3) is 3.78. The van der Waals surface area contributed by atoms with Gasteiger partial charge < -0.3 is 14.5 Å². The molecule has 5 rings (SSSR count). The lowest BCUT2D eigenvalue weighted by Crippen LogP contribution is -2.55. The van der Waals surface area contributed by atoms with Crippen molar-refractivity contribution in [1.29, 1.82) is 0 Å². The summed E-state index contributed by atoms with van der Waals surface area (Å²) in [4.78, 5) is 22.3. The van der Waals surface area contributed by atoms with Gasteiger partial charge in [-0.3, -0.25) is 9.78 Å². The summed E-state index contributed by atoms with van der Waals surface area (Å²) in [6, 6.07) is 10.6. The number of fused-ring (bicyclic) bond motifs is 1. The number of pyridine rings is 1. The molecule has 154 valence electrons. The molecule has 0 aliphatic carbocycles. The fraction of sp³-hybridized carbons (Fsp3) is 0.583. The molecule has 3 aliphatic rings. The molecule has 4 heterocycles. The van der Waals surface area contributed by atoms with Gasteiger partial charge in [0.15, 0.2) is 0 Å². The number of piperidine rings is 2. The van der Waals surface area contributed by atoms with Gasteiger partial charge in [0.25, 0.3) is 5.91 Å². The molecule has 1 aromatic heterocycles. The van der Waals surface area contributed by atoms with Gasteiger partial charge in [0, 0.05) is 37.3 Å². The Kier molecular flexibility index (Phi) is 5.27. The maximum atomic E-state index is 13.2. The van der Waals surface area contributed by atoms with E-state index in [1.54, 1.807) is 6.20 Å². The van der Waals surface area contributed by atoms with Gasteiger partial charge in [-0.15, -0.1) is 0 Å². The smallest absolute Gasteiger partial charge is 0.273 e. The molecule has 0 N–H and O–H groups in total. The SMILES string of the molecule is O=C(c1nccc2ccccc12)N1CCC2(CC1)CC(N1CCCCC1)CCO2. The van der Waals surface area contributed by atoms with Crippen molar-refractivity contribution in [3.8, 4) is 0 Å². The second-order valence-corrected chi connectivity index (χ2v) is 8.95. The van der Waals surface area contributed by atoms with E-state index in [-0.39, 0.29) is 11.5 Å². The van der Waals surface area contributed by atoms with Crippen LogP contribution in [0.2, 0.25) is 0 Å². The van der Waals surface area contributed by atoms with Crippen LogP contribution in [-0.4, -0.2) is 65.1 Å². The molecule has 1 amide bonds. The Hall–Kier alpha value is -1.98. The van der Waals surface area contributed by atoms with Crippen LogP contribution in [0.25, 0.3) is 10.8 Å². The van der Waals surface area contributed by atoms with E-state index in [1.165, 1.54) is 32.4 Å². The molecule has 5 heteroatoms. The molecule has 0 bridgehead atoms. The average Bonchev–Trinajstić information content (AvgIpc) is 2.79. The predicted molar refractivity (Wildman–Crippen MR) is 114 cm³/mol. The van der Waals surface area contributed by atoms with Crippen molar-refractivity contribution in [3.05, 3.63) is 42.2 Å². The quantitative estimate of drug-likeness (QED) is 0.777. The molecule has 3 aliphatic heterocycles. The molecule has 0 radical (unpaired) electrons. The maximum absolute atomic E-state index is 13.2. The van der Waals surface area contributed by atoms with Gasteiger partial charge in [0.1, 0.15) is 5.69 Å². The monoisotopic (exact) mass is 393 g/mol. The minimum atomic E-state index is -0.0384. The number of likely N-dealkylation sites (tertiary alicyclic amines) is 2. The van der Waals surface area contributed by atoms with Crippen LogP contribution in [0.3, 0.4) is 0 Å². The summed E-state index contributed by atoms with van der Waals surface area (Å²) in [6.07, 6.45) is 9.96. The standard InChI is InChI=1S/C24H31N3O2/c28-23(22-21-7-3-2-6-19(21)8-12-25-22)27-15-10-24(11-16-27)18-20(9-17-29-24)26-13-4-1-5-14-26/h2-3,6-8,12,20H,1,4-5,9-11,13-18H2. The molecule has 0 saturated carbocycles. The summed E-state index contributed by atoms with van der Waals surface area (Å²) >= 11 is 0. The fourth-order valence-electron chi connectivity index (χ4n) is 5.50. The summed E-state index contributed by atoms with van der Waals surface area (Å²) in [7, 11) is 0. The first-order valence-corrected chi connectivity index (χ1v) is 11.3. The van der Waals surface area contributed by atoms with Crippen molar-refractivity contribution in [1.82, 2.24) is 14.8 Å². The lowest BCUT2D eigenvalue weighted by Gasteiger charge is -2.49. The van der Waals surface area contributed by atoms with Gasteiger partial charge in [0.05, 0.1) is 5.60 Å². The second kappa shape index (κ2) is 8.04. The summed E-state index contributed by atoms with van der Waals surface area (Å²) in [5, 5.41) is 2.01. The van der Waals surface area contributed by atoms with Crippen molar-refractivity contribution >= 4 is 16.7 Å². The zero-order valence-corrected chi connectivity index (χ0v) is 17.2. The topological polar surface area (TPSA) is 45.7 Å². The number of ether oxygens (including phenoxy) is 1. The lowest BCUT2D eigenvalue weighted by atomic mass is 9.81. The van der Waals surface area contributed by atoms with Gasteiger partial charge in [0.2, 0.25) is 0 Å². The van der Waals surface area contributed by atoms with Gasteiger partial charge in [-0.1, -0.05) is 30.7 Å². The highest BCUT2D eigenvalue weighted by Gasteiger charge is 2.42. The van der Waals surface area contributed by atoms with Gasteiger partial charge in [-0.2, -0.15) is 0 Å². The van der Waals surface area contributed by atoms with E-state index in [0.717, 1.165) is 56.2 Å². The zero-order valence-electron chi connectivity index (χ0n) is 17.2. The largest absolute Gasteiger partial charge is 0.375 e. The van der Waals surface area contributed by atoms with Crippen LogP contribution >= 0.6 is 0 Å². The summed E-state index contributed by atoms with van der Waals surface area (Å²) in [5.41, 5.74) is 0.540. The number of nitrogens with zero attached hydrogens (tertiary/aromatic N) is 3. The molecule has 1 aromatic carbocycles. The lowest BCUT2D eigenvalue weighted by molar-refractivity contribution is -0.131. The third-order valence-corrected chi connectivity index (χ3v) is 7.21. The Labute approximate surface area is 173 Å². The molecule has 2 aromatic rings. The van der Waals surface area contributed by atoms with Crippen LogP contribution in [0.5, 0.6) is 0 Å². The highest BCUT2D eigenvalue weighted by Crippen LogP contribution is 2.37. The van der Waals surface area contributed by atoms with Crippen molar-refractivity contribution in [3.63, 3.8) is 0 Å². The third-order valence-electron chi connectivity index (χ3n) is 7.21. The van der Waals surface area contributed by atoms with Crippen LogP contribution < -0.4 is 0 Å². The van der Waals surface area contributed by atoms with E-state index in [9.17, 15) is 4.79 Å². The van der Waals surface area contributed by atoms with Crippen molar-refractivity contribution in [2.24, 2.45) is 0 Å². The molecule has 1 spiro atoms. The highest BCUT2D eigenvalue weighted by atomic mass is 16.5. The Bertz CT molecular complexity index is 864. The number of amides is 1. The van der Waals surface area contributed by atoms with E-state index in [1.807, 2.05) is 35.2 Å². The van der Waals surface area contributed by atoms with Gasteiger partial charge >= 0.3 is 0 Å². The molecule has 3 fully saturated rings. The molecule has 29 heavy (non-hydrogen) atoms. The number of aromatic nitrogens is 1. The van der Waals surface area contributed by atoms with Crippen LogP contribution in [0.15, 0.2) is 36.5 Å². The Morgan fingerprint density at radius 3 is 2.66 bits per heavy atom. The molecule has 1 unspecified atom stereocenters. The van der Waals surface area contributed by atoms with Crippen LogP contribution in [0, 0.1) is 0 Å². The number of carbonyl (C=O) groups is 1. The zero-order chi connectivity index (χ0) is 19.7. The Morgan fingerprint density at radius 2 is 1.83 bits per heavy atom. The van der Waals surface area contributed by atoms with Gasteiger partial charge in [-0.25, -0.2) is 0 Å². The first-order chi connectivity index (χ1) is 14.2. The number of hydrogen-bond donors (Lipinski definition) is 0. The molecule has 3 saturated heterocycles. The van der Waals surface area contributed by atoms with Crippen LogP contribution in [0.4, 0.5) is 0 Å². The van der Waals surface area contributed by atoms with E-state index in [2.05, 4.69) is 9.88 Å². The fourth-order valence-corrected chi connectivity index (χ4v) is 5.50. The highest BCUT2D eigenvalue weighted by molar-refractivity contribution is 6.05. The average molecular weight is 394 g/mol. The van der Waals surface area contributed by atoms with E-state index in [4.69, 9.17) is 4.74 Å². The Balaban J connectivity index is 1.26. The normalized spacial score (nSPS) is 25.4. The van der Waals surface area contributed by atoms with E-state index >= 15 is 0 Å². The van der Waals surface area contributed by atoms with Crippen molar-refractivity contribution in [2.75, 3.05) is 32.8 Å². The number of rotatable bonds is 2. The van der Waals surface area contributed by atoms with Crippen molar-refractivity contribution in [2.45, 2.75) is 56.6 Å². The van der Waals surface area contributed by atoms with Gasteiger partial charge in [-0.05, 0) is 63.1 Å². The minimum Gasteiger partial charge on any atom is -0.375 e. The molecule has 1 atom stereocenters. The van der Waals surface area contributed by atoms with Crippen LogP contribution in [-0.2, 0) is 4.74 Å². The maximum Gasteiger partial charge on any atom is 0.273 e. The number of hydrogen-bond acceptors (Lipinski definition) is 4. The first kappa shape index (κ1) is 19.0. The summed E-state index contributed by atoms with van der Waals surface area (Å²) < 4.78 is 6.35. The number of carbonyl (C=O) groups excluding carboxylic acids is 1. The molecular formula is C24H31N3O2. The second-order valence-electron chi connectivity index (χ2n) is 8.95. The minimum absolute atomic E-state index is 0.0384. The van der Waals surface area contributed by atoms with E-state index in [0.29, 0.717) is 11.7 Å². The summed E-state index contributed by atoms with van der Waals surface area (Å²) in [5.74, 6) is 0.0556. The first-order valence-electron chi connectivity index (χ1n) is 11.3. The Morgan fingerprint density at radius 1 is 1.03 bits per heavy atom. The molecular weight excluding hydrogens is 362 g/mol. The molecule has 5 nitrogen and oxygen atoms in total. The van der Waals surface area contributed by atoms with Crippen molar-refractivity contribution < 1.29 is 9.53 Å².